The van der Waals surface area contributed by atoms with Crippen LogP contribution in [0.3, 0.4) is 0 Å². The van der Waals surface area contributed by atoms with Crippen LogP contribution in [0.2, 0.25) is 0 Å². The topological polar surface area (TPSA) is 92.6 Å². The van der Waals surface area contributed by atoms with Gasteiger partial charge in [-0.05, 0) is 55.3 Å². The second-order valence-corrected chi connectivity index (χ2v) is 8.36. The zero-order valence-electron chi connectivity index (χ0n) is 17.4. The number of nitrogens with one attached hydrogen (secondary N) is 1. The molecule has 1 aliphatic rings. The fraction of sp³-hybridized carbons (Fsp3) is 0.364. The van der Waals surface area contributed by atoms with Gasteiger partial charge in [0.15, 0.2) is 0 Å². The van der Waals surface area contributed by atoms with Gasteiger partial charge in [0.1, 0.15) is 5.82 Å². The van der Waals surface area contributed by atoms with E-state index in [-0.39, 0.29) is 41.3 Å². The molecule has 0 saturated carbocycles. The van der Waals surface area contributed by atoms with Crippen LogP contribution in [0.15, 0.2) is 41.3 Å². The lowest BCUT2D eigenvalue weighted by molar-refractivity contribution is -0.387. The number of carbonyl (C=O) groups is 2. The summed E-state index contributed by atoms with van der Waals surface area (Å²) in [5.41, 5.74) is 1.44. The van der Waals surface area contributed by atoms with Crippen LogP contribution in [0, 0.1) is 28.8 Å². The Hall–Kier alpha value is -2.94. The van der Waals surface area contributed by atoms with Crippen LogP contribution >= 0.6 is 11.8 Å². The zero-order valence-corrected chi connectivity index (χ0v) is 18.2. The van der Waals surface area contributed by atoms with Crippen molar-refractivity contribution >= 4 is 29.3 Å². The molecule has 2 aromatic carbocycles. The monoisotopic (exact) mass is 445 g/mol. The number of hydrogen-bond acceptors (Lipinski definition) is 5. The lowest BCUT2D eigenvalue weighted by Gasteiger charge is -2.31. The molecule has 3 rings (SSSR count). The highest BCUT2D eigenvalue weighted by atomic mass is 32.2. The van der Waals surface area contributed by atoms with Crippen LogP contribution in [0.5, 0.6) is 0 Å². The SMILES string of the molecule is CSc1ccc(C(=O)N2CCC(C(=O)NCc3ccc(C)c(F)c3)CC2)cc1[N+](=O)[O-]. The highest BCUT2D eigenvalue weighted by Gasteiger charge is 2.28. The van der Waals surface area contributed by atoms with E-state index in [2.05, 4.69) is 5.32 Å². The summed E-state index contributed by atoms with van der Waals surface area (Å²) in [6.07, 6.45) is 2.75. The molecule has 7 nitrogen and oxygen atoms in total. The second-order valence-electron chi connectivity index (χ2n) is 7.51. The summed E-state index contributed by atoms with van der Waals surface area (Å²) >= 11 is 1.26. The van der Waals surface area contributed by atoms with Gasteiger partial charge in [-0.1, -0.05) is 12.1 Å². The van der Waals surface area contributed by atoms with Crippen molar-refractivity contribution in [3.8, 4) is 0 Å². The lowest BCUT2D eigenvalue weighted by Crippen LogP contribution is -2.43. The Kier molecular flexibility index (Phi) is 7.27. The number of nitro groups is 1. The summed E-state index contributed by atoms with van der Waals surface area (Å²) in [7, 11) is 0. The number of benzene rings is 2. The predicted octanol–water partition coefficient (Wildman–Crippen LogP) is 3.93. The largest absolute Gasteiger partial charge is 0.352 e. The summed E-state index contributed by atoms with van der Waals surface area (Å²) in [6.45, 7) is 2.73. The van der Waals surface area contributed by atoms with Crippen LogP contribution in [-0.2, 0) is 11.3 Å². The van der Waals surface area contributed by atoms with E-state index >= 15 is 0 Å². The Morgan fingerprint density at radius 1 is 1.23 bits per heavy atom. The van der Waals surface area contributed by atoms with Gasteiger partial charge in [-0.3, -0.25) is 19.7 Å². The minimum atomic E-state index is -0.487. The third-order valence-corrected chi connectivity index (χ3v) is 6.26. The number of hydrogen-bond donors (Lipinski definition) is 1. The molecular weight excluding hydrogens is 421 g/mol. The molecule has 164 valence electrons. The van der Waals surface area contributed by atoms with Crippen molar-refractivity contribution in [3.05, 3.63) is 69.0 Å². The van der Waals surface area contributed by atoms with Crippen molar-refractivity contribution in [2.45, 2.75) is 31.2 Å². The van der Waals surface area contributed by atoms with Crippen LogP contribution in [0.25, 0.3) is 0 Å². The standard InChI is InChI=1S/C22H24FN3O4S/c1-14-3-4-15(11-18(14)23)13-24-21(27)16-7-9-25(10-8-16)22(28)17-5-6-20(31-2)19(12-17)26(29)30/h3-6,11-12,16H,7-10,13H2,1-2H3,(H,24,27). The van der Waals surface area contributed by atoms with Gasteiger partial charge in [-0.2, -0.15) is 0 Å². The second kappa shape index (κ2) is 9.91. The zero-order chi connectivity index (χ0) is 22.5. The molecule has 1 saturated heterocycles. The van der Waals surface area contributed by atoms with Crippen molar-refractivity contribution < 1.29 is 18.9 Å². The number of likely N-dealkylation sites (tertiary alicyclic amines) is 1. The van der Waals surface area contributed by atoms with E-state index in [0.717, 1.165) is 0 Å². The molecule has 0 bridgehead atoms. The Bertz CT molecular complexity index is 1010. The smallest absolute Gasteiger partial charge is 0.283 e. The number of halogens is 1. The number of carbonyl (C=O) groups excluding carboxylic acids is 2. The molecule has 1 fully saturated rings. The summed E-state index contributed by atoms with van der Waals surface area (Å²) in [5.74, 6) is -0.922. The molecule has 0 spiro atoms. The van der Waals surface area contributed by atoms with E-state index < -0.39 is 4.92 Å². The Morgan fingerprint density at radius 3 is 2.55 bits per heavy atom. The number of aryl methyl sites for hydroxylation is 1. The van der Waals surface area contributed by atoms with E-state index in [0.29, 0.717) is 42.0 Å². The number of nitrogens with zero attached hydrogens (tertiary/aromatic N) is 2. The van der Waals surface area contributed by atoms with Gasteiger partial charge < -0.3 is 10.2 Å². The van der Waals surface area contributed by atoms with Crippen molar-refractivity contribution in [2.75, 3.05) is 19.3 Å². The highest BCUT2D eigenvalue weighted by molar-refractivity contribution is 7.98. The van der Waals surface area contributed by atoms with Crippen molar-refractivity contribution in [3.63, 3.8) is 0 Å². The Balaban J connectivity index is 1.55. The fourth-order valence-corrected chi connectivity index (χ4v) is 4.12. The van der Waals surface area contributed by atoms with Crippen molar-refractivity contribution in [2.24, 2.45) is 5.92 Å². The van der Waals surface area contributed by atoms with E-state index in [9.17, 15) is 24.1 Å². The maximum atomic E-state index is 13.6. The number of rotatable bonds is 6. The molecule has 0 aliphatic carbocycles. The first-order chi connectivity index (χ1) is 14.8. The summed E-state index contributed by atoms with van der Waals surface area (Å²) in [4.78, 5) is 38.1. The summed E-state index contributed by atoms with van der Waals surface area (Å²) in [6, 6.07) is 9.37. The third-order valence-electron chi connectivity index (χ3n) is 5.48. The van der Waals surface area contributed by atoms with Gasteiger partial charge in [0.2, 0.25) is 5.91 Å². The predicted molar refractivity (Wildman–Crippen MR) is 116 cm³/mol. The molecule has 0 aromatic heterocycles. The average molecular weight is 446 g/mol. The summed E-state index contributed by atoms with van der Waals surface area (Å²) in [5, 5.41) is 14.1. The minimum Gasteiger partial charge on any atom is -0.352 e. The van der Waals surface area contributed by atoms with E-state index in [1.165, 1.54) is 23.9 Å². The Labute approximate surface area is 184 Å². The molecule has 9 heteroatoms. The van der Waals surface area contributed by atoms with E-state index in [1.54, 1.807) is 42.3 Å². The number of nitro benzene ring substituents is 1. The van der Waals surface area contributed by atoms with E-state index in [4.69, 9.17) is 0 Å². The van der Waals surface area contributed by atoms with Gasteiger partial charge >= 0.3 is 0 Å². The van der Waals surface area contributed by atoms with Gasteiger partial charge in [-0.15, -0.1) is 11.8 Å². The first kappa shape index (κ1) is 22.7. The molecule has 2 aromatic rings. The molecule has 1 aliphatic heterocycles. The molecular formula is C22H24FN3O4S. The minimum absolute atomic E-state index is 0.0832. The van der Waals surface area contributed by atoms with Crippen LogP contribution in [0.4, 0.5) is 10.1 Å². The molecule has 1 heterocycles. The van der Waals surface area contributed by atoms with Crippen molar-refractivity contribution in [1.29, 1.82) is 0 Å². The van der Waals surface area contributed by atoms with Crippen LogP contribution in [0.1, 0.15) is 34.3 Å². The highest BCUT2D eigenvalue weighted by Crippen LogP contribution is 2.29. The molecule has 2 amide bonds. The molecule has 0 radical (unpaired) electrons. The first-order valence-electron chi connectivity index (χ1n) is 9.94. The van der Waals surface area contributed by atoms with Crippen LogP contribution in [-0.4, -0.2) is 41.0 Å². The maximum Gasteiger partial charge on any atom is 0.283 e. The molecule has 0 unspecified atom stereocenters. The van der Waals surface area contributed by atoms with Crippen molar-refractivity contribution in [1.82, 2.24) is 10.2 Å². The quantitative estimate of drug-likeness (QED) is 0.413. The molecule has 0 atom stereocenters. The van der Waals surface area contributed by atoms with Crippen LogP contribution < -0.4 is 5.32 Å². The summed E-state index contributed by atoms with van der Waals surface area (Å²) < 4.78 is 13.6. The van der Waals surface area contributed by atoms with Gasteiger partial charge in [-0.25, -0.2) is 4.39 Å². The average Bonchev–Trinajstić information content (AvgIpc) is 2.78. The normalized spacial score (nSPS) is 14.4. The fourth-order valence-electron chi connectivity index (χ4n) is 3.57. The van der Waals surface area contributed by atoms with Gasteiger partial charge in [0, 0.05) is 37.2 Å². The molecule has 31 heavy (non-hydrogen) atoms. The maximum absolute atomic E-state index is 13.6. The first-order valence-corrected chi connectivity index (χ1v) is 11.2. The number of thioether (sulfide) groups is 1. The number of piperidine rings is 1. The third kappa shape index (κ3) is 5.41. The van der Waals surface area contributed by atoms with Gasteiger partial charge in [0.05, 0.1) is 9.82 Å². The molecule has 1 N–H and O–H groups in total. The lowest BCUT2D eigenvalue weighted by atomic mass is 9.95. The number of amides is 2. The van der Waals surface area contributed by atoms with Gasteiger partial charge in [0.25, 0.3) is 11.6 Å². The Morgan fingerprint density at radius 2 is 1.94 bits per heavy atom. The van der Waals surface area contributed by atoms with E-state index in [1.807, 2.05) is 0 Å².